The van der Waals surface area contributed by atoms with Crippen LogP contribution in [0.4, 0.5) is 0 Å². The van der Waals surface area contributed by atoms with E-state index in [1.807, 2.05) is 11.0 Å². The highest BCUT2D eigenvalue weighted by Crippen LogP contribution is 2.24. The molecule has 0 saturated carbocycles. The summed E-state index contributed by atoms with van der Waals surface area (Å²) in [4.78, 5) is 18.0. The molecule has 104 valence electrons. The van der Waals surface area contributed by atoms with Crippen molar-refractivity contribution in [1.29, 1.82) is 0 Å². The summed E-state index contributed by atoms with van der Waals surface area (Å²) in [5, 5.41) is 0.763. The summed E-state index contributed by atoms with van der Waals surface area (Å²) in [6.45, 7) is 3.51. The molecule has 1 atom stereocenters. The maximum absolute atomic E-state index is 12.1. The number of aromatic nitrogens is 1. The summed E-state index contributed by atoms with van der Waals surface area (Å²) >= 11 is 11.8. The van der Waals surface area contributed by atoms with Gasteiger partial charge in [-0.05, 0) is 24.8 Å². The standard InChI is InChI=1S/C14H18Cl2N2O/c1-2-10-3-6-13(19)18(8-7-10)9-11-4-5-12(15)17-14(11)16/h4-5,10H,2-3,6-9H2,1H3. The van der Waals surface area contributed by atoms with Gasteiger partial charge in [-0.2, -0.15) is 0 Å². The molecule has 0 radical (unpaired) electrons. The number of likely N-dealkylation sites (tertiary alicyclic amines) is 1. The maximum Gasteiger partial charge on any atom is 0.222 e. The predicted octanol–water partition coefficient (Wildman–Crippen LogP) is 3.93. The van der Waals surface area contributed by atoms with Gasteiger partial charge in [-0.1, -0.05) is 42.6 Å². The van der Waals surface area contributed by atoms with Gasteiger partial charge in [0.15, 0.2) is 0 Å². The smallest absolute Gasteiger partial charge is 0.222 e. The van der Waals surface area contributed by atoms with Crippen LogP contribution in [0.25, 0.3) is 0 Å². The zero-order valence-corrected chi connectivity index (χ0v) is 12.5. The molecular weight excluding hydrogens is 283 g/mol. The molecule has 1 unspecified atom stereocenters. The quantitative estimate of drug-likeness (QED) is 0.793. The number of hydrogen-bond donors (Lipinski definition) is 0. The van der Waals surface area contributed by atoms with E-state index in [1.54, 1.807) is 6.07 Å². The number of rotatable bonds is 3. The van der Waals surface area contributed by atoms with Crippen LogP contribution in [0.2, 0.25) is 10.3 Å². The van der Waals surface area contributed by atoms with Gasteiger partial charge in [0, 0.05) is 25.1 Å². The van der Waals surface area contributed by atoms with Crippen molar-refractivity contribution < 1.29 is 4.79 Å². The van der Waals surface area contributed by atoms with Gasteiger partial charge in [0.05, 0.1) is 0 Å². The molecule has 5 heteroatoms. The predicted molar refractivity (Wildman–Crippen MR) is 77.3 cm³/mol. The Kier molecular flexibility index (Phi) is 5.06. The summed E-state index contributed by atoms with van der Waals surface area (Å²) in [6.07, 6.45) is 3.85. The molecule has 1 amide bonds. The molecule has 0 aromatic carbocycles. The number of amides is 1. The van der Waals surface area contributed by atoms with Crippen LogP contribution >= 0.6 is 23.2 Å². The number of nitrogens with zero attached hydrogens (tertiary/aromatic N) is 2. The summed E-state index contributed by atoms with van der Waals surface area (Å²) in [5.41, 5.74) is 0.856. The minimum atomic E-state index is 0.210. The monoisotopic (exact) mass is 300 g/mol. The summed E-state index contributed by atoms with van der Waals surface area (Å²) in [5.74, 6) is 0.870. The molecule has 0 bridgehead atoms. The second-order valence-electron chi connectivity index (χ2n) is 5.00. The summed E-state index contributed by atoms with van der Waals surface area (Å²) < 4.78 is 0. The Morgan fingerprint density at radius 1 is 1.37 bits per heavy atom. The van der Waals surface area contributed by atoms with Crippen molar-refractivity contribution in [3.8, 4) is 0 Å². The van der Waals surface area contributed by atoms with Crippen molar-refractivity contribution >= 4 is 29.1 Å². The van der Waals surface area contributed by atoms with Gasteiger partial charge in [-0.15, -0.1) is 0 Å². The Bertz CT molecular complexity index is 465. The maximum atomic E-state index is 12.1. The third-order valence-electron chi connectivity index (χ3n) is 3.76. The molecule has 1 aromatic heterocycles. The molecule has 0 N–H and O–H groups in total. The van der Waals surface area contributed by atoms with Crippen LogP contribution in [0.15, 0.2) is 12.1 Å². The fraction of sp³-hybridized carbons (Fsp3) is 0.571. The minimum Gasteiger partial charge on any atom is -0.338 e. The average molecular weight is 301 g/mol. The summed E-state index contributed by atoms with van der Waals surface area (Å²) in [6, 6.07) is 3.55. The SMILES string of the molecule is CCC1CCC(=O)N(Cc2ccc(Cl)nc2Cl)CC1. The highest BCUT2D eigenvalue weighted by atomic mass is 35.5. The number of carbonyl (C=O) groups excluding carboxylic acids is 1. The van der Waals surface area contributed by atoms with E-state index in [4.69, 9.17) is 23.2 Å². The fourth-order valence-corrected chi connectivity index (χ4v) is 2.84. The molecule has 1 aliphatic heterocycles. The Morgan fingerprint density at radius 2 is 2.16 bits per heavy atom. The van der Waals surface area contributed by atoms with Crippen LogP contribution in [-0.4, -0.2) is 22.3 Å². The van der Waals surface area contributed by atoms with Gasteiger partial charge in [0.25, 0.3) is 0 Å². The molecule has 2 rings (SSSR count). The van der Waals surface area contributed by atoms with Gasteiger partial charge < -0.3 is 4.90 Å². The Morgan fingerprint density at radius 3 is 2.84 bits per heavy atom. The average Bonchev–Trinajstić information content (AvgIpc) is 2.56. The van der Waals surface area contributed by atoms with Gasteiger partial charge >= 0.3 is 0 Å². The second-order valence-corrected chi connectivity index (χ2v) is 5.75. The lowest BCUT2D eigenvalue weighted by atomic mass is 9.98. The van der Waals surface area contributed by atoms with E-state index in [2.05, 4.69) is 11.9 Å². The van der Waals surface area contributed by atoms with Crippen LogP contribution in [0, 0.1) is 5.92 Å². The third-order valence-corrected chi connectivity index (χ3v) is 4.29. The van der Waals surface area contributed by atoms with Gasteiger partial charge in [0.2, 0.25) is 5.91 Å². The largest absolute Gasteiger partial charge is 0.338 e. The molecule has 1 saturated heterocycles. The van der Waals surface area contributed by atoms with Crippen molar-refractivity contribution in [3.63, 3.8) is 0 Å². The van der Waals surface area contributed by atoms with Crippen LogP contribution in [0.3, 0.4) is 0 Å². The molecule has 19 heavy (non-hydrogen) atoms. The lowest BCUT2D eigenvalue weighted by Crippen LogP contribution is -2.30. The van der Waals surface area contributed by atoms with Gasteiger partial charge in [-0.3, -0.25) is 4.79 Å². The molecule has 0 spiro atoms. The van der Waals surface area contributed by atoms with E-state index in [0.29, 0.717) is 29.2 Å². The van der Waals surface area contributed by atoms with E-state index < -0.39 is 0 Å². The Hall–Kier alpha value is -0.800. The zero-order chi connectivity index (χ0) is 13.8. The number of carbonyl (C=O) groups is 1. The van der Waals surface area contributed by atoms with Crippen LogP contribution in [-0.2, 0) is 11.3 Å². The first-order valence-corrected chi connectivity index (χ1v) is 7.44. The van der Waals surface area contributed by atoms with E-state index in [1.165, 1.54) is 0 Å². The zero-order valence-electron chi connectivity index (χ0n) is 11.0. The van der Waals surface area contributed by atoms with Crippen molar-refractivity contribution in [1.82, 2.24) is 9.88 Å². The first-order chi connectivity index (χ1) is 9.10. The van der Waals surface area contributed by atoms with Gasteiger partial charge in [0.1, 0.15) is 10.3 Å². The first kappa shape index (κ1) is 14.6. The minimum absolute atomic E-state index is 0.210. The summed E-state index contributed by atoms with van der Waals surface area (Å²) in [7, 11) is 0. The molecule has 1 aromatic rings. The van der Waals surface area contributed by atoms with Gasteiger partial charge in [-0.25, -0.2) is 4.98 Å². The van der Waals surface area contributed by atoms with E-state index in [0.717, 1.165) is 31.4 Å². The molecule has 3 nitrogen and oxygen atoms in total. The fourth-order valence-electron chi connectivity index (χ4n) is 2.43. The van der Waals surface area contributed by atoms with Crippen molar-refractivity contribution in [2.24, 2.45) is 5.92 Å². The van der Waals surface area contributed by atoms with E-state index >= 15 is 0 Å². The van der Waals surface area contributed by atoms with Crippen molar-refractivity contribution in [3.05, 3.63) is 28.0 Å². The molecule has 1 aliphatic rings. The topological polar surface area (TPSA) is 33.2 Å². The normalized spacial score (nSPS) is 20.5. The van der Waals surface area contributed by atoms with Crippen LogP contribution < -0.4 is 0 Å². The van der Waals surface area contributed by atoms with Crippen LogP contribution in [0.1, 0.15) is 38.2 Å². The molecular formula is C14H18Cl2N2O. The third kappa shape index (κ3) is 3.83. The number of pyridine rings is 1. The first-order valence-electron chi connectivity index (χ1n) is 6.69. The lowest BCUT2D eigenvalue weighted by molar-refractivity contribution is -0.131. The Labute approximate surface area is 123 Å². The highest BCUT2D eigenvalue weighted by Gasteiger charge is 2.22. The van der Waals surface area contributed by atoms with E-state index in [-0.39, 0.29) is 5.91 Å². The van der Waals surface area contributed by atoms with Crippen molar-refractivity contribution in [2.45, 2.75) is 39.2 Å². The molecule has 0 aliphatic carbocycles. The van der Waals surface area contributed by atoms with E-state index in [9.17, 15) is 4.79 Å². The Balaban J connectivity index is 2.07. The van der Waals surface area contributed by atoms with Crippen LogP contribution in [0.5, 0.6) is 0 Å². The number of hydrogen-bond acceptors (Lipinski definition) is 2. The molecule has 1 fully saturated rings. The van der Waals surface area contributed by atoms with Crippen molar-refractivity contribution in [2.75, 3.05) is 6.54 Å². The lowest BCUT2D eigenvalue weighted by Gasteiger charge is -2.21. The highest BCUT2D eigenvalue weighted by molar-refractivity contribution is 6.32. The number of halogens is 2. The molecule has 2 heterocycles. The second kappa shape index (κ2) is 6.58.